The van der Waals surface area contributed by atoms with Gasteiger partial charge < -0.3 is 15.1 Å². The summed E-state index contributed by atoms with van der Waals surface area (Å²) in [6.45, 7) is 5.35. The summed E-state index contributed by atoms with van der Waals surface area (Å²) in [5.41, 5.74) is 0.864. The second-order valence-electron chi connectivity index (χ2n) is 4.90. The highest BCUT2D eigenvalue weighted by atomic mass is 16.3. The highest BCUT2D eigenvalue weighted by Crippen LogP contribution is 2.23. The second kappa shape index (κ2) is 5.02. The summed E-state index contributed by atoms with van der Waals surface area (Å²) in [5.74, 6) is 1.19. The van der Waals surface area contributed by atoms with Crippen molar-refractivity contribution in [3.05, 3.63) is 23.9 Å². The van der Waals surface area contributed by atoms with Gasteiger partial charge in [0.1, 0.15) is 5.82 Å². The largest absolute Gasteiger partial charge is 0.391 e. The van der Waals surface area contributed by atoms with E-state index in [1.54, 1.807) is 13.1 Å². The van der Waals surface area contributed by atoms with Crippen molar-refractivity contribution < 1.29 is 10.2 Å². The van der Waals surface area contributed by atoms with Crippen molar-refractivity contribution in [1.82, 2.24) is 4.98 Å². The molecule has 2 N–H and O–H groups in total. The number of aliphatic hydroxyl groups excluding tert-OH is 2. The molecular formula is C13H20N2O2. The first-order valence-electron chi connectivity index (χ1n) is 6.15. The third-order valence-electron chi connectivity index (χ3n) is 3.49. The molecule has 94 valence electrons. The molecule has 0 aliphatic carbocycles. The van der Waals surface area contributed by atoms with Crippen molar-refractivity contribution in [1.29, 1.82) is 0 Å². The van der Waals surface area contributed by atoms with Gasteiger partial charge in [-0.1, -0.05) is 6.92 Å². The summed E-state index contributed by atoms with van der Waals surface area (Å²) in [4.78, 5) is 6.39. The van der Waals surface area contributed by atoms with E-state index in [9.17, 15) is 10.2 Å². The molecular weight excluding hydrogens is 216 g/mol. The van der Waals surface area contributed by atoms with Crippen molar-refractivity contribution >= 4 is 5.82 Å². The number of anilines is 1. The lowest BCUT2D eigenvalue weighted by Crippen LogP contribution is -2.43. The lowest BCUT2D eigenvalue weighted by molar-refractivity contribution is 0.102. The van der Waals surface area contributed by atoms with Gasteiger partial charge in [0.05, 0.1) is 12.2 Å². The number of hydrogen-bond acceptors (Lipinski definition) is 4. The maximum atomic E-state index is 9.87. The van der Waals surface area contributed by atoms with Gasteiger partial charge >= 0.3 is 0 Å². The Balaban J connectivity index is 2.14. The third-order valence-corrected chi connectivity index (χ3v) is 3.49. The molecule has 0 radical (unpaired) electrons. The Morgan fingerprint density at radius 3 is 2.94 bits per heavy atom. The summed E-state index contributed by atoms with van der Waals surface area (Å²) in [7, 11) is 0. The van der Waals surface area contributed by atoms with E-state index in [4.69, 9.17) is 0 Å². The SMILES string of the molecule is CC(O)c1ccnc(N2CCC(C)C(O)C2)c1. The van der Waals surface area contributed by atoms with E-state index in [1.807, 2.05) is 12.1 Å². The smallest absolute Gasteiger partial charge is 0.128 e. The fourth-order valence-electron chi connectivity index (χ4n) is 2.12. The highest BCUT2D eigenvalue weighted by Gasteiger charge is 2.25. The minimum atomic E-state index is -0.481. The van der Waals surface area contributed by atoms with Gasteiger partial charge in [0, 0.05) is 19.3 Å². The van der Waals surface area contributed by atoms with Crippen LogP contribution < -0.4 is 4.90 Å². The highest BCUT2D eigenvalue weighted by molar-refractivity contribution is 5.42. The minimum absolute atomic E-state index is 0.291. The second-order valence-corrected chi connectivity index (χ2v) is 4.90. The molecule has 3 atom stereocenters. The molecule has 3 unspecified atom stereocenters. The minimum Gasteiger partial charge on any atom is -0.391 e. The van der Waals surface area contributed by atoms with Crippen LogP contribution in [0.3, 0.4) is 0 Å². The molecule has 4 nitrogen and oxygen atoms in total. The van der Waals surface area contributed by atoms with Gasteiger partial charge in [-0.15, -0.1) is 0 Å². The van der Waals surface area contributed by atoms with Crippen LogP contribution in [-0.2, 0) is 0 Å². The molecule has 0 spiro atoms. The Kier molecular flexibility index (Phi) is 3.64. The lowest BCUT2D eigenvalue weighted by Gasteiger charge is -2.35. The number of piperidine rings is 1. The van der Waals surface area contributed by atoms with Crippen LogP contribution in [0.5, 0.6) is 0 Å². The van der Waals surface area contributed by atoms with Gasteiger partial charge in [-0.25, -0.2) is 4.98 Å². The molecule has 1 aliphatic rings. The van der Waals surface area contributed by atoms with Crippen molar-refractivity contribution in [2.24, 2.45) is 5.92 Å². The Bertz CT molecular complexity index is 381. The summed E-state index contributed by atoms with van der Waals surface area (Å²) >= 11 is 0. The molecule has 1 aromatic rings. The van der Waals surface area contributed by atoms with Crippen molar-refractivity contribution in [2.45, 2.75) is 32.5 Å². The average molecular weight is 236 g/mol. The van der Waals surface area contributed by atoms with Crippen LogP contribution in [0.15, 0.2) is 18.3 Å². The number of pyridine rings is 1. The van der Waals surface area contributed by atoms with Crippen molar-refractivity contribution in [3.63, 3.8) is 0 Å². The maximum Gasteiger partial charge on any atom is 0.128 e. The first-order chi connectivity index (χ1) is 8.08. The summed E-state index contributed by atoms with van der Waals surface area (Å²) < 4.78 is 0. The van der Waals surface area contributed by atoms with Crippen molar-refractivity contribution in [2.75, 3.05) is 18.0 Å². The zero-order chi connectivity index (χ0) is 12.4. The quantitative estimate of drug-likeness (QED) is 0.813. The number of aromatic nitrogens is 1. The van der Waals surface area contributed by atoms with Crippen LogP contribution in [0.4, 0.5) is 5.82 Å². The number of hydrogen-bond donors (Lipinski definition) is 2. The van der Waals surface area contributed by atoms with Crippen LogP contribution in [0.25, 0.3) is 0 Å². The molecule has 1 fully saturated rings. The first-order valence-corrected chi connectivity index (χ1v) is 6.15. The molecule has 2 heterocycles. The van der Waals surface area contributed by atoms with Crippen LogP contribution in [0, 0.1) is 5.92 Å². The normalized spacial score (nSPS) is 26.9. The molecule has 1 aliphatic heterocycles. The number of β-amino-alcohol motifs (C(OH)–C–C–N with tert-alkyl or cyclic N) is 1. The zero-order valence-corrected chi connectivity index (χ0v) is 10.4. The van der Waals surface area contributed by atoms with E-state index in [1.165, 1.54) is 0 Å². The molecule has 17 heavy (non-hydrogen) atoms. The maximum absolute atomic E-state index is 9.87. The van der Waals surface area contributed by atoms with Gasteiger partial charge in [-0.05, 0) is 37.0 Å². The van der Waals surface area contributed by atoms with Crippen LogP contribution in [0.2, 0.25) is 0 Å². The molecule has 0 aromatic carbocycles. The van der Waals surface area contributed by atoms with E-state index in [-0.39, 0.29) is 6.10 Å². The summed E-state index contributed by atoms with van der Waals surface area (Å²) in [6.07, 6.45) is 1.91. The van der Waals surface area contributed by atoms with E-state index in [2.05, 4.69) is 16.8 Å². The van der Waals surface area contributed by atoms with Crippen LogP contribution >= 0.6 is 0 Å². The molecule has 4 heteroatoms. The van der Waals surface area contributed by atoms with Crippen LogP contribution in [0.1, 0.15) is 31.9 Å². The fourth-order valence-corrected chi connectivity index (χ4v) is 2.12. The number of aliphatic hydroxyl groups is 2. The van der Waals surface area contributed by atoms with Gasteiger partial charge in [-0.3, -0.25) is 0 Å². The van der Waals surface area contributed by atoms with E-state index in [0.717, 1.165) is 24.3 Å². The first kappa shape index (κ1) is 12.3. The standard InChI is InChI=1S/C13H20N2O2/c1-9-4-6-15(8-12(9)17)13-7-11(10(2)16)3-5-14-13/h3,5,7,9-10,12,16-17H,4,6,8H2,1-2H3. The number of rotatable bonds is 2. The Labute approximate surface area is 102 Å². The lowest BCUT2D eigenvalue weighted by atomic mass is 9.96. The van der Waals surface area contributed by atoms with Gasteiger partial charge in [0.2, 0.25) is 0 Å². The topological polar surface area (TPSA) is 56.6 Å². The van der Waals surface area contributed by atoms with Gasteiger partial charge in [0.25, 0.3) is 0 Å². The molecule has 2 rings (SSSR count). The Hall–Kier alpha value is -1.13. The fraction of sp³-hybridized carbons (Fsp3) is 0.615. The summed E-state index contributed by atoms with van der Waals surface area (Å²) in [5, 5.41) is 19.4. The third kappa shape index (κ3) is 2.76. The monoisotopic (exact) mass is 236 g/mol. The predicted molar refractivity (Wildman–Crippen MR) is 66.9 cm³/mol. The van der Waals surface area contributed by atoms with E-state index < -0.39 is 6.10 Å². The molecule has 1 aromatic heterocycles. The molecule has 0 bridgehead atoms. The number of nitrogens with zero attached hydrogens (tertiary/aromatic N) is 2. The molecule has 1 saturated heterocycles. The zero-order valence-electron chi connectivity index (χ0n) is 10.4. The predicted octanol–water partition coefficient (Wildman–Crippen LogP) is 1.34. The molecule has 0 saturated carbocycles. The van der Waals surface area contributed by atoms with Gasteiger partial charge in [0.15, 0.2) is 0 Å². The average Bonchev–Trinajstić information content (AvgIpc) is 2.33. The van der Waals surface area contributed by atoms with E-state index >= 15 is 0 Å². The Morgan fingerprint density at radius 2 is 2.29 bits per heavy atom. The van der Waals surface area contributed by atoms with E-state index in [0.29, 0.717) is 12.5 Å². The van der Waals surface area contributed by atoms with Gasteiger partial charge in [-0.2, -0.15) is 0 Å². The van der Waals surface area contributed by atoms with Crippen LogP contribution in [-0.4, -0.2) is 34.4 Å². The van der Waals surface area contributed by atoms with Crippen molar-refractivity contribution in [3.8, 4) is 0 Å². The summed E-state index contributed by atoms with van der Waals surface area (Å²) in [6, 6.07) is 3.71. The Morgan fingerprint density at radius 1 is 1.53 bits per heavy atom. The molecule has 0 amide bonds.